The van der Waals surface area contributed by atoms with E-state index < -0.39 is 0 Å². The van der Waals surface area contributed by atoms with Crippen LogP contribution in [0.1, 0.15) is 107 Å². The van der Waals surface area contributed by atoms with E-state index in [4.69, 9.17) is 5.26 Å². The van der Waals surface area contributed by atoms with Crippen molar-refractivity contribution in [2.24, 2.45) is 4.99 Å². The van der Waals surface area contributed by atoms with Crippen LogP contribution in [0.5, 0.6) is 0 Å². The van der Waals surface area contributed by atoms with Gasteiger partial charge >= 0.3 is 0 Å². The van der Waals surface area contributed by atoms with Gasteiger partial charge in [-0.05, 0) is 78.9 Å². The van der Waals surface area contributed by atoms with Crippen molar-refractivity contribution in [2.75, 3.05) is 6.54 Å². The molecule has 152 valence electrons. The molecule has 27 heavy (non-hydrogen) atoms. The molecule has 0 bridgehead atoms. The fraction of sp³-hybridized carbons (Fsp3) is 0.680. The predicted molar refractivity (Wildman–Crippen MR) is 122 cm³/mol. The van der Waals surface area contributed by atoms with Gasteiger partial charge in [-0.3, -0.25) is 4.99 Å². The largest absolute Gasteiger partial charge is 0.285 e. The van der Waals surface area contributed by atoms with Gasteiger partial charge in [0, 0.05) is 12.6 Å². The second-order valence-electron chi connectivity index (χ2n) is 7.21. The highest BCUT2D eigenvalue weighted by Gasteiger charge is 2.05. The van der Waals surface area contributed by atoms with Crippen molar-refractivity contribution < 1.29 is 0 Å². The van der Waals surface area contributed by atoms with Crippen molar-refractivity contribution in [3.63, 3.8) is 0 Å². The third kappa shape index (κ3) is 16.1. The van der Waals surface area contributed by atoms with Gasteiger partial charge in [-0.25, -0.2) is 0 Å². The lowest BCUT2D eigenvalue weighted by molar-refractivity contribution is 0.886. The molecule has 1 heterocycles. The zero-order valence-corrected chi connectivity index (χ0v) is 19.3. The lowest BCUT2D eigenvalue weighted by Crippen LogP contribution is -1.86. The molecule has 0 aromatic heterocycles. The van der Waals surface area contributed by atoms with Crippen molar-refractivity contribution in [3.8, 4) is 17.9 Å². The SMILES string of the molecule is C1CCCC1.CC#CC.CC#N.CC1=C(C)CCC1.CC1=NCC(C)=C1C. The van der Waals surface area contributed by atoms with E-state index in [-0.39, 0.29) is 0 Å². The van der Waals surface area contributed by atoms with Crippen LogP contribution in [0, 0.1) is 23.2 Å². The summed E-state index contributed by atoms with van der Waals surface area (Å²) in [6.45, 7) is 16.8. The molecule has 2 aliphatic carbocycles. The number of hydrogen-bond acceptors (Lipinski definition) is 2. The molecule has 0 atom stereocenters. The molecule has 0 saturated heterocycles. The van der Waals surface area contributed by atoms with Crippen LogP contribution in [0.4, 0.5) is 0 Å². The average molecular weight is 371 g/mol. The second kappa shape index (κ2) is 19.0. The zero-order chi connectivity index (χ0) is 21.1. The van der Waals surface area contributed by atoms with Crippen molar-refractivity contribution >= 4 is 5.71 Å². The molecule has 2 nitrogen and oxygen atoms in total. The molecule has 2 heteroatoms. The fourth-order valence-corrected chi connectivity index (χ4v) is 2.71. The van der Waals surface area contributed by atoms with E-state index in [0.29, 0.717) is 0 Å². The molecule has 0 unspecified atom stereocenters. The summed E-state index contributed by atoms with van der Waals surface area (Å²) in [5.74, 6) is 5.36. The number of nitrogens with zero attached hydrogens (tertiary/aromatic N) is 2. The minimum absolute atomic E-state index is 0.928. The molecule has 0 spiro atoms. The summed E-state index contributed by atoms with van der Waals surface area (Å²) in [7, 11) is 0. The molecule has 1 aliphatic heterocycles. The van der Waals surface area contributed by atoms with Gasteiger partial charge in [0.25, 0.3) is 0 Å². The third-order valence-corrected chi connectivity index (χ3v) is 5.07. The van der Waals surface area contributed by atoms with Crippen molar-refractivity contribution in [2.45, 2.75) is 107 Å². The van der Waals surface area contributed by atoms with Crippen molar-refractivity contribution in [1.29, 1.82) is 5.26 Å². The van der Waals surface area contributed by atoms with Crippen LogP contribution in [-0.4, -0.2) is 12.3 Å². The van der Waals surface area contributed by atoms with E-state index in [0.717, 1.165) is 6.54 Å². The highest BCUT2D eigenvalue weighted by atomic mass is 14.8. The Balaban J connectivity index is 0. The van der Waals surface area contributed by atoms with Crippen molar-refractivity contribution in [3.05, 3.63) is 22.3 Å². The molecule has 1 saturated carbocycles. The van der Waals surface area contributed by atoms with Crippen LogP contribution in [0.3, 0.4) is 0 Å². The Morgan fingerprint density at radius 1 is 0.667 bits per heavy atom. The van der Waals surface area contributed by atoms with Crippen LogP contribution in [0.25, 0.3) is 0 Å². The monoisotopic (exact) mass is 370 g/mol. The smallest absolute Gasteiger partial charge is 0.0606 e. The van der Waals surface area contributed by atoms with Crippen LogP contribution in [0.2, 0.25) is 0 Å². The van der Waals surface area contributed by atoms with E-state index in [1.54, 1.807) is 17.2 Å². The molecule has 0 radical (unpaired) electrons. The molecule has 3 rings (SSSR count). The topological polar surface area (TPSA) is 36.1 Å². The number of allylic oxidation sites excluding steroid dienone is 3. The first-order valence-corrected chi connectivity index (χ1v) is 10.3. The third-order valence-electron chi connectivity index (χ3n) is 5.07. The second-order valence-corrected chi connectivity index (χ2v) is 7.21. The Morgan fingerprint density at radius 3 is 1.15 bits per heavy atom. The Bertz CT molecular complexity index is 551. The Morgan fingerprint density at radius 2 is 1.04 bits per heavy atom. The minimum atomic E-state index is 0.928. The van der Waals surface area contributed by atoms with Gasteiger partial charge in [-0.15, -0.1) is 11.8 Å². The fourth-order valence-electron chi connectivity index (χ4n) is 2.71. The highest BCUT2D eigenvalue weighted by Crippen LogP contribution is 2.23. The van der Waals surface area contributed by atoms with Gasteiger partial charge < -0.3 is 0 Å². The van der Waals surface area contributed by atoms with E-state index in [2.05, 4.69) is 51.5 Å². The van der Waals surface area contributed by atoms with E-state index in [9.17, 15) is 0 Å². The molecular formula is C25H42N2. The summed E-state index contributed by atoms with van der Waals surface area (Å²) in [5.41, 5.74) is 7.26. The minimum Gasteiger partial charge on any atom is -0.285 e. The molecule has 0 aromatic carbocycles. The Labute approximate surface area is 169 Å². The lowest BCUT2D eigenvalue weighted by atomic mass is 10.1. The summed E-state index contributed by atoms with van der Waals surface area (Å²) in [6.07, 6.45) is 11.6. The van der Waals surface area contributed by atoms with Gasteiger partial charge in [0.1, 0.15) is 0 Å². The van der Waals surface area contributed by atoms with E-state index >= 15 is 0 Å². The number of hydrogen-bond donors (Lipinski definition) is 0. The van der Waals surface area contributed by atoms with Crippen LogP contribution < -0.4 is 0 Å². The number of aliphatic imine (C=N–C) groups is 1. The van der Waals surface area contributed by atoms with Crippen LogP contribution in [-0.2, 0) is 0 Å². The van der Waals surface area contributed by atoms with Crippen LogP contribution >= 0.6 is 0 Å². The van der Waals surface area contributed by atoms with E-state index in [1.807, 2.05) is 13.8 Å². The molecule has 0 N–H and O–H groups in total. The first kappa shape index (κ1) is 27.4. The molecule has 0 amide bonds. The zero-order valence-electron chi connectivity index (χ0n) is 19.3. The maximum atomic E-state index is 7.32. The summed E-state index contributed by atoms with van der Waals surface area (Å²) in [6, 6.07) is 1.75. The quantitative estimate of drug-likeness (QED) is 0.316. The maximum Gasteiger partial charge on any atom is 0.0606 e. The van der Waals surface area contributed by atoms with Gasteiger partial charge in [-0.1, -0.05) is 43.3 Å². The van der Waals surface area contributed by atoms with Gasteiger partial charge in [0.2, 0.25) is 0 Å². The van der Waals surface area contributed by atoms with Gasteiger partial charge in [-0.2, -0.15) is 5.26 Å². The molecule has 1 fully saturated rings. The summed E-state index contributed by atoms with van der Waals surface area (Å²) in [4.78, 5) is 4.24. The first-order chi connectivity index (χ1) is 12.8. The lowest BCUT2D eigenvalue weighted by Gasteiger charge is -1.90. The van der Waals surface area contributed by atoms with Crippen LogP contribution in [0.15, 0.2) is 27.3 Å². The highest BCUT2D eigenvalue weighted by molar-refractivity contribution is 6.00. The molecular weight excluding hydrogens is 328 g/mol. The number of nitriles is 1. The van der Waals surface area contributed by atoms with Gasteiger partial charge in [0.15, 0.2) is 0 Å². The Hall–Kier alpha value is -1.80. The van der Waals surface area contributed by atoms with E-state index in [1.165, 1.54) is 75.1 Å². The standard InChI is InChI=1S/C7H11N.C7H12.C5H10.C4H6.C2H3N/c1-5-4-8-7(3)6(5)2;1-6-4-3-5-7(6)2;1-2-4-5-3-1;1-3-4-2;1-2-3/h4H2,1-3H3;3-5H2,1-2H3;1-5H2;1-2H3;1H3. The summed E-state index contributed by atoms with van der Waals surface area (Å²) < 4.78 is 0. The summed E-state index contributed by atoms with van der Waals surface area (Å²) >= 11 is 0. The Kier molecular flexibility index (Phi) is 19.3. The number of rotatable bonds is 0. The molecule has 0 aromatic rings. The van der Waals surface area contributed by atoms with Crippen molar-refractivity contribution in [1.82, 2.24) is 0 Å². The summed E-state index contributed by atoms with van der Waals surface area (Å²) in [5, 5.41) is 7.32. The predicted octanol–water partition coefficient (Wildman–Crippen LogP) is 7.81. The van der Waals surface area contributed by atoms with Gasteiger partial charge in [0.05, 0.1) is 12.6 Å². The first-order valence-electron chi connectivity index (χ1n) is 10.3. The average Bonchev–Trinajstić information content (AvgIpc) is 3.41. The molecule has 3 aliphatic rings. The normalized spacial score (nSPS) is 16.6. The maximum absolute atomic E-state index is 7.32.